The molecule has 0 atom stereocenters. The smallest absolute Gasteiger partial charge is 0.257 e. The van der Waals surface area contributed by atoms with E-state index in [1.54, 1.807) is 0 Å². The van der Waals surface area contributed by atoms with Crippen molar-refractivity contribution in [2.75, 3.05) is 54.9 Å². The molecule has 0 aliphatic carbocycles. The van der Waals surface area contributed by atoms with E-state index in [0.717, 1.165) is 43.0 Å². The maximum absolute atomic E-state index is 14.1. The number of carbonyl (C=O) groups is 1. The second-order valence-corrected chi connectivity index (χ2v) is 8.74. The monoisotopic (exact) mass is 467 g/mol. The maximum atomic E-state index is 14.1. The van der Waals surface area contributed by atoms with E-state index in [1.807, 2.05) is 42.5 Å². The third-order valence-electron chi connectivity index (χ3n) is 6.03. The van der Waals surface area contributed by atoms with E-state index in [4.69, 9.17) is 23.1 Å². The molecule has 1 heterocycles. The van der Waals surface area contributed by atoms with Crippen LogP contribution in [0.3, 0.4) is 0 Å². The number of likely N-dealkylation sites (N-methyl/N-ethyl adjacent to an activating group) is 1. The first-order valence-electron chi connectivity index (χ1n) is 10.7. The Morgan fingerprint density at radius 2 is 1.64 bits per heavy atom. The predicted octanol–water partition coefficient (Wildman–Crippen LogP) is 4.62. The molecule has 172 valence electrons. The van der Waals surface area contributed by atoms with Gasteiger partial charge < -0.3 is 26.6 Å². The Kier molecular flexibility index (Phi) is 6.44. The fourth-order valence-electron chi connectivity index (χ4n) is 3.97. The Labute approximate surface area is 197 Å². The van der Waals surface area contributed by atoms with Crippen LogP contribution >= 0.6 is 11.6 Å². The number of piperazine rings is 1. The van der Waals surface area contributed by atoms with Crippen LogP contribution < -0.4 is 21.7 Å². The van der Waals surface area contributed by atoms with Gasteiger partial charge in [0.1, 0.15) is 0 Å². The normalized spacial score (nSPS) is 14.4. The number of amides is 1. The molecule has 3 aromatic rings. The predicted molar refractivity (Wildman–Crippen MR) is 135 cm³/mol. The number of hydrogen-bond donors (Lipinski definition) is 3. The number of benzene rings is 3. The highest BCUT2D eigenvalue weighted by Gasteiger charge is 2.22. The van der Waals surface area contributed by atoms with E-state index in [1.165, 1.54) is 13.0 Å². The Morgan fingerprint density at radius 3 is 2.30 bits per heavy atom. The molecule has 5 N–H and O–H groups in total. The molecule has 0 radical (unpaired) electrons. The van der Waals surface area contributed by atoms with Crippen molar-refractivity contribution in [3.05, 3.63) is 70.5 Å². The molecule has 0 bridgehead atoms. The Hall–Kier alpha value is -3.29. The number of rotatable bonds is 4. The van der Waals surface area contributed by atoms with Gasteiger partial charge in [-0.05, 0) is 55.4 Å². The lowest BCUT2D eigenvalue weighted by Gasteiger charge is -2.35. The van der Waals surface area contributed by atoms with Crippen molar-refractivity contribution < 1.29 is 9.18 Å². The third-order valence-corrected chi connectivity index (χ3v) is 6.51. The SMILES string of the molecule is Cc1c(F)c(N)cc(C(=O)Nc2cc(-c3ccc(N)cc3)ccc2N2CCN(C)CC2)c1Cl. The number of carbonyl (C=O) groups excluding carboxylic acids is 1. The summed E-state index contributed by atoms with van der Waals surface area (Å²) in [6.07, 6.45) is 0. The molecule has 0 spiro atoms. The van der Waals surface area contributed by atoms with Gasteiger partial charge in [0.15, 0.2) is 5.82 Å². The van der Waals surface area contributed by atoms with E-state index in [9.17, 15) is 9.18 Å². The molecular formula is C25H27ClFN5O. The summed E-state index contributed by atoms with van der Waals surface area (Å²) >= 11 is 6.29. The first-order valence-corrected chi connectivity index (χ1v) is 11.1. The lowest BCUT2D eigenvalue weighted by molar-refractivity contribution is 0.102. The van der Waals surface area contributed by atoms with Crippen LogP contribution in [0.4, 0.5) is 27.1 Å². The van der Waals surface area contributed by atoms with E-state index < -0.39 is 11.7 Å². The molecule has 1 fully saturated rings. The van der Waals surface area contributed by atoms with Gasteiger partial charge in [0.25, 0.3) is 5.91 Å². The highest BCUT2D eigenvalue weighted by atomic mass is 35.5. The summed E-state index contributed by atoms with van der Waals surface area (Å²) in [5.41, 5.74) is 15.9. The molecule has 1 aliphatic heterocycles. The number of anilines is 4. The molecule has 33 heavy (non-hydrogen) atoms. The minimum absolute atomic E-state index is 0.0510. The lowest BCUT2D eigenvalue weighted by Crippen LogP contribution is -2.44. The molecule has 1 saturated heterocycles. The van der Waals surface area contributed by atoms with Gasteiger partial charge in [-0.2, -0.15) is 0 Å². The van der Waals surface area contributed by atoms with E-state index in [2.05, 4.69) is 22.2 Å². The van der Waals surface area contributed by atoms with E-state index >= 15 is 0 Å². The molecule has 6 nitrogen and oxygen atoms in total. The summed E-state index contributed by atoms with van der Waals surface area (Å²) in [5, 5.41) is 3.04. The zero-order chi connectivity index (χ0) is 23.7. The second kappa shape index (κ2) is 9.29. The first kappa shape index (κ1) is 22.9. The molecule has 3 aromatic carbocycles. The van der Waals surface area contributed by atoms with Crippen LogP contribution in [0, 0.1) is 12.7 Å². The first-order chi connectivity index (χ1) is 15.7. The van der Waals surface area contributed by atoms with Gasteiger partial charge in [0.2, 0.25) is 0 Å². The Bertz CT molecular complexity index is 1190. The van der Waals surface area contributed by atoms with Crippen LogP contribution in [0.15, 0.2) is 48.5 Å². The standard InChI is InChI=1S/C25H27ClFN5O/c1-15-23(26)19(14-20(29)24(15)27)25(33)30-21-13-17(16-3-6-18(28)7-4-16)5-8-22(21)32-11-9-31(2)10-12-32/h3-8,13-14H,9-12,28-29H2,1-2H3,(H,30,33). The summed E-state index contributed by atoms with van der Waals surface area (Å²) < 4.78 is 14.1. The van der Waals surface area contributed by atoms with Crippen LogP contribution in [-0.4, -0.2) is 44.0 Å². The quantitative estimate of drug-likeness (QED) is 0.487. The average Bonchev–Trinajstić information content (AvgIpc) is 2.81. The van der Waals surface area contributed by atoms with Crippen LogP contribution in [0.25, 0.3) is 11.1 Å². The van der Waals surface area contributed by atoms with Crippen molar-refractivity contribution in [1.29, 1.82) is 0 Å². The van der Waals surface area contributed by atoms with Gasteiger partial charge >= 0.3 is 0 Å². The van der Waals surface area contributed by atoms with E-state index in [0.29, 0.717) is 11.4 Å². The fraction of sp³-hybridized carbons (Fsp3) is 0.240. The van der Waals surface area contributed by atoms with Crippen molar-refractivity contribution in [2.24, 2.45) is 0 Å². The highest BCUT2D eigenvalue weighted by Crippen LogP contribution is 2.34. The summed E-state index contributed by atoms with van der Waals surface area (Å²) in [6.45, 7) is 5.02. The topological polar surface area (TPSA) is 87.6 Å². The average molecular weight is 468 g/mol. The van der Waals surface area contributed by atoms with Crippen LogP contribution in [-0.2, 0) is 0 Å². The van der Waals surface area contributed by atoms with Gasteiger partial charge in [0.05, 0.1) is 27.6 Å². The van der Waals surface area contributed by atoms with Gasteiger partial charge in [-0.25, -0.2) is 4.39 Å². The molecular weight excluding hydrogens is 441 g/mol. The molecule has 8 heteroatoms. The lowest BCUT2D eigenvalue weighted by atomic mass is 10.0. The van der Waals surface area contributed by atoms with Gasteiger partial charge in [-0.3, -0.25) is 4.79 Å². The Balaban J connectivity index is 1.73. The van der Waals surface area contributed by atoms with Crippen molar-refractivity contribution >= 4 is 40.3 Å². The van der Waals surface area contributed by atoms with Crippen molar-refractivity contribution in [3.63, 3.8) is 0 Å². The highest BCUT2D eigenvalue weighted by molar-refractivity contribution is 6.35. The summed E-state index contributed by atoms with van der Waals surface area (Å²) in [4.78, 5) is 17.7. The maximum Gasteiger partial charge on any atom is 0.257 e. The second-order valence-electron chi connectivity index (χ2n) is 8.36. The van der Waals surface area contributed by atoms with Crippen LogP contribution in [0.2, 0.25) is 5.02 Å². The van der Waals surface area contributed by atoms with Crippen molar-refractivity contribution in [3.8, 4) is 11.1 Å². The molecule has 0 aromatic heterocycles. The number of nitrogens with one attached hydrogen (secondary N) is 1. The minimum Gasteiger partial charge on any atom is -0.399 e. The summed E-state index contributed by atoms with van der Waals surface area (Å²) in [7, 11) is 2.09. The van der Waals surface area contributed by atoms with Crippen LogP contribution in [0.1, 0.15) is 15.9 Å². The molecule has 1 aliphatic rings. The molecule has 0 saturated carbocycles. The summed E-state index contributed by atoms with van der Waals surface area (Å²) in [5.74, 6) is -1.06. The van der Waals surface area contributed by atoms with Crippen molar-refractivity contribution in [2.45, 2.75) is 6.92 Å². The van der Waals surface area contributed by atoms with Gasteiger partial charge in [-0.1, -0.05) is 29.8 Å². The Morgan fingerprint density at radius 1 is 1.00 bits per heavy atom. The zero-order valence-electron chi connectivity index (χ0n) is 18.7. The minimum atomic E-state index is -0.611. The largest absolute Gasteiger partial charge is 0.399 e. The van der Waals surface area contributed by atoms with Crippen molar-refractivity contribution in [1.82, 2.24) is 4.90 Å². The molecule has 4 rings (SSSR count). The zero-order valence-corrected chi connectivity index (χ0v) is 19.4. The van der Waals surface area contributed by atoms with Gasteiger partial charge in [-0.15, -0.1) is 0 Å². The summed E-state index contributed by atoms with van der Waals surface area (Å²) in [6, 6.07) is 14.8. The number of nitrogen functional groups attached to an aromatic ring is 2. The number of nitrogens with two attached hydrogens (primary N) is 2. The number of nitrogens with zero attached hydrogens (tertiary/aromatic N) is 2. The molecule has 0 unspecified atom stereocenters. The molecule has 1 amide bonds. The third kappa shape index (κ3) is 4.74. The van der Waals surface area contributed by atoms with Gasteiger partial charge in [0, 0.05) is 37.4 Å². The number of hydrogen-bond acceptors (Lipinski definition) is 5. The fourth-order valence-corrected chi connectivity index (χ4v) is 4.19. The van der Waals surface area contributed by atoms with E-state index in [-0.39, 0.29) is 21.8 Å². The number of halogens is 2. The van der Waals surface area contributed by atoms with Crippen LogP contribution in [0.5, 0.6) is 0 Å².